The molecule has 6 nitrogen and oxygen atoms in total. The Labute approximate surface area is 76.9 Å². The lowest BCUT2D eigenvalue weighted by molar-refractivity contribution is 0.400. The Morgan fingerprint density at radius 1 is 1.54 bits per heavy atom. The SMILES string of the molecule is COc1cn(S(=O)(=O)N(C)C)cn1. The third kappa shape index (κ3) is 1.81. The number of nitrogens with zero attached hydrogens (tertiary/aromatic N) is 3. The van der Waals surface area contributed by atoms with E-state index in [0.717, 1.165) is 8.28 Å². The van der Waals surface area contributed by atoms with Gasteiger partial charge in [-0.15, -0.1) is 0 Å². The highest BCUT2D eigenvalue weighted by Crippen LogP contribution is 2.08. The Morgan fingerprint density at radius 2 is 2.15 bits per heavy atom. The van der Waals surface area contributed by atoms with Crippen LogP contribution in [0.4, 0.5) is 0 Å². The number of aromatic nitrogens is 2. The molecule has 0 spiro atoms. The van der Waals surface area contributed by atoms with Gasteiger partial charge < -0.3 is 4.74 Å². The molecule has 0 bridgehead atoms. The normalized spacial score (nSPS) is 12.0. The van der Waals surface area contributed by atoms with E-state index in [0.29, 0.717) is 0 Å². The van der Waals surface area contributed by atoms with Gasteiger partial charge in [0.25, 0.3) is 0 Å². The zero-order valence-electron chi connectivity index (χ0n) is 7.63. The second-order valence-electron chi connectivity index (χ2n) is 2.54. The van der Waals surface area contributed by atoms with Crippen molar-refractivity contribution in [1.29, 1.82) is 0 Å². The highest BCUT2D eigenvalue weighted by molar-refractivity contribution is 7.87. The summed E-state index contributed by atoms with van der Waals surface area (Å²) in [5.41, 5.74) is 0. The van der Waals surface area contributed by atoms with Gasteiger partial charge in [-0.1, -0.05) is 0 Å². The first kappa shape index (κ1) is 10.0. The van der Waals surface area contributed by atoms with E-state index in [2.05, 4.69) is 4.98 Å². The Balaban J connectivity index is 3.09. The molecule has 0 unspecified atom stereocenters. The molecule has 0 radical (unpaired) electrons. The van der Waals surface area contributed by atoms with Crippen molar-refractivity contribution in [2.75, 3.05) is 21.2 Å². The molecule has 0 aliphatic carbocycles. The van der Waals surface area contributed by atoms with Gasteiger partial charge in [-0.2, -0.15) is 12.7 Å². The Morgan fingerprint density at radius 3 is 2.54 bits per heavy atom. The lowest BCUT2D eigenvalue weighted by Crippen LogP contribution is -2.27. The molecule has 0 N–H and O–H groups in total. The van der Waals surface area contributed by atoms with Crippen LogP contribution < -0.4 is 4.74 Å². The van der Waals surface area contributed by atoms with Crippen molar-refractivity contribution < 1.29 is 13.2 Å². The Bertz CT molecular complexity index is 382. The number of rotatable bonds is 3. The molecule has 0 saturated carbocycles. The average Bonchev–Trinajstić information content (AvgIpc) is 2.51. The summed E-state index contributed by atoms with van der Waals surface area (Å²) in [6.07, 6.45) is 2.49. The molecule has 0 amide bonds. The third-order valence-corrected chi connectivity index (χ3v) is 3.13. The fraction of sp³-hybridized carbons (Fsp3) is 0.500. The van der Waals surface area contributed by atoms with Crippen LogP contribution in [-0.2, 0) is 10.2 Å². The van der Waals surface area contributed by atoms with Crippen molar-refractivity contribution in [2.45, 2.75) is 0 Å². The number of ether oxygens (including phenoxy) is 1. The van der Waals surface area contributed by atoms with Crippen molar-refractivity contribution in [3.8, 4) is 5.88 Å². The van der Waals surface area contributed by atoms with Crippen molar-refractivity contribution >= 4 is 10.2 Å². The van der Waals surface area contributed by atoms with E-state index in [9.17, 15) is 8.42 Å². The maximum absolute atomic E-state index is 11.5. The van der Waals surface area contributed by atoms with E-state index in [1.807, 2.05) is 0 Å². The standard InChI is InChI=1S/C6H11N3O3S/c1-8(2)13(10,11)9-4-6(12-3)7-5-9/h4-5H,1-3H3. The predicted molar refractivity (Wildman–Crippen MR) is 46.8 cm³/mol. The lowest BCUT2D eigenvalue weighted by Gasteiger charge is -2.10. The minimum absolute atomic E-state index is 0.269. The van der Waals surface area contributed by atoms with Crippen LogP contribution in [0.3, 0.4) is 0 Å². The monoisotopic (exact) mass is 205 g/mol. The maximum Gasteiger partial charge on any atom is 0.308 e. The number of imidazole rings is 1. The highest BCUT2D eigenvalue weighted by Gasteiger charge is 2.16. The number of hydrogen-bond acceptors (Lipinski definition) is 4. The largest absolute Gasteiger partial charge is 0.480 e. The van der Waals surface area contributed by atoms with Gasteiger partial charge in [0, 0.05) is 14.1 Å². The minimum Gasteiger partial charge on any atom is -0.480 e. The minimum atomic E-state index is -3.46. The number of hydrogen-bond donors (Lipinski definition) is 0. The molecular formula is C6H11N3O3S. The summed E-state index contributed by atoms with van der Waals surface area (Å²) in [5.74, 6) is 0.269. The average molecular weight is 205 g/mol. The van der Waals surface area contributed by atoms with Crippen LogP contribution in [-0.4, -0.2) is 42.9 Å². The van der Waals surface area contributed by atoms with Crippen molar-refractivity contribution in [1.82, 2.24) is 13.3 Å². The third-order valence-electron chi connectivity index (χ3n) is 1.47. The first-order chi connectivity index (χ1) is 5.98. The molecule has 1 rings (SSSR count). The fourth-order valence-corrected chi connectivity index (χ4v) is 1.48. The summed E-state index contributed by atoms with van der Waals surface area (Å²) in [5, 5.41) is 0. The predicted octanol–water partition coefficient (Wildman–Crippen LogP) is -0.454. The summed E-state index contributed by atoms with van der Waals surface area (Å²) < 4.78 is 29.7. The molecule has 1 heterocycles. The molecule has 7 heteroatoms. The summed E-state index contributed by atoms with van der Waals surface area (Å²) in [6, 6.07) is 0. The molecule has 0 fully saturated rings. The van der Waals surface area contributed by atoms with Gasteiger partial charge in [-0.05, 0) is 0 Å². The van der Waals surface area contributed by atoms with Gasteiger partial charge in [-0.3, -0.25) is 0 Å². The van der Waals surface area contributed by atoms with E-state index in [1.54, 1.807) is 0 Å². The summed E-state index contributed by atoms with van der Waals surface area (Å²) in [7, 11) is 0.859. The van der Waals surface area contributed by atoms with E-state index >= 15 is 0 Å². The summed E-state index contributed by atoms with van der Waals surface area (Å²) in [6.45, 7) is 0. The highest BCUT2D eigenvalue weighted by atomic mass is 32.2. The van der Waals surface area contributed by atoms with Crippen molar-refractivity contribution in [3.63, 3.8) is 0 Å². The zero-order valence-corrected chi connectivity index (χ0v) is 8.45. The van der Waals surface area contributed by atoms with Crippen LogP contribution in [0.5, 0.6) is 5.88 Å². The van der Waals surface area contributed by atoms with E-state index in [4.69, 9.17) is 4.74 Å². The van der Waals surface area contributed by atoms with E-state index in [-0.39, 0.29) is 5.88 Å². The van der Waals surface area contributed by atoms with E-state index < -0.39 is 10.2 Å². The molecule has 0 saturated heterocycles. The first-order valence-electron chi connectivity index (χ1n) is 3.49. The molecule has 0 aromatic carbocycles. The maximum atomic E-state index is 11.5. The van der Waals surface area contributed by atoms with Gasteiger partial charge in [0.15, 0.2) is 0 Å². The smallest absolute Gasteiger partial charge is 0.308 e. The van der Waals surface area contributed by atoms with Gasteiger partial charge >= 0.3 is 10.2 Å². The van der Waals surface area contributed by atoms with Crippen LogP contribution in [0.2, 0.25) is 0 Å². The van der Waals surface area contributed by atoms with Crippen molar-refractivity contribution in [2.24, 2.45) is 0 Å². The van der Waals surface area contributed by atoms with Gasteiger partial charge in [0.2, 0.25) is 5.88 Å². The molecular weight excluding hydrogens is 194 g/mol. The summed E-state index contributed by atoms with van der Waals surface area (Å²) >= 11 is 0. The first-order valence-corrected chi connectivity index (χ1v) is 4.89. The Kier molecular flexibility index (Phi) is 2.58. The molecule has 0 atom stereocenters. The fourth-order valence-electron chi connectivity index (χ4n) is 0.709. The molecule has 1 aromatic heterocycles. The van der Waals surface area contributed by atoms with Gasteiger partial charge in [0.05, 0.1) is 13.3 Å². The Hall–Kier alpha value is -1.08. The van der Waals surface area contributed by atoms with Crippen LogP contribution in [0, 0.1) is 0 Å². The molecule has 1 aromatic rings. The summed E-state index contributed by atoms with van der Waals surface area (Å²) in [4.78, 5) is 3.72. The number of methoxy groups -OCH3 is 1. The van der Waals surface area contributed by atoms with Crippen LogP contribution in [0.1, 0.15) is 0 Å². The lowest BCUT2D eigenvalue weighted by atomic mass is 10.9. The van der Waals surface area contributed by atoms with Crippen LogP contribution >= 0.6 is 0 Å². The second-order valence-corrected chi connectivity index (χ2v) is 4.58. The molecule has 0 aliphatic heterocycles. The topological polar surface area (TPSA) is 64.4 Å². The second kappa shape index (κ2) is 3.35. The molecule has 13 heavy (non-hydrogen) atoms. The zero-order chi connectivity index (χ0) is 10.1. The molecule has 0 aliphatic rings. The quantitative estimate of drug-likeness (QED) is 0.670. The van der Waals surface area contributed by atoms with Crippen LogP contribution in [0.25, 0.3) is 0 Å². The van der Waals surface area contributed by atoms with Gasteiger partial charge in [-0.25, -0.2) is 8.96 Å². The van der Waals surface area contributed by atoms with Gasteiger partial charge in [0.1, 0.15) is 6.33 Å². The van der Waals surface area contributed by atoms with Crippen molar-refractivity contribution in [3.05, 3.63) is 12.5 Å². The molecule has 74 valence electrons. The van der Waals surface area contributed by atoms with Crippen LogP contribution in [0.15, 0.2) is 12.5 Å². The van der Waals surface area contributed by atoms with E-state index in [1.165, 1.54) is 33.7 Å².